The first-order chi connectivity index (χ1) is 12.1. The minimum Gasteiger partial charge on any atom is -0.508 e. The molecule has 0 saturated heterocycles. The number of phenols is 1. The van der Waals surface area contributed by atoms with Gasteiger partial charge < -0.3 is 14.8 Å². The average Bonchev–Trinajstić information content (AvgIpc) is 3.04. The van der Waals surface area contributed by atoms with E-state index in [4.69, 9.17) is 4.42 Å². The number of thioether (sulfide) groups is 1. The number of aromatic nitrogens is 2. The molecular weight excluding hydrogens is 338 g/mol. The zero-order chi connectivity index (χ0) is 17.6. The maximum Gasteiger partial charge on any atom is 0.276 e. The van der Waals surface area contributed by atoms with E-state index in [0.717, 1.165) is 16.8 Å². The third kappa shape index (κ3) is 4.84. The predicted molar refractivity (Wildman–Crippen MR) is 96.5 cm³/mol. The second-order valence-corrected chi connectivity index (χ2v) is 6.48. The van der Waals surface area contributed by atoms with Crippen LogP contribution in [0.1, 0.15) is 12.0 Å². The number of carbonyl (C=O) groups is 1. The van der Waals surface area contributed by atoms with E-state index in [-0.39, 0.29) is 11.7 Å². The fourth-order valence-electron chi connectivity index (χ4n) is 2.17. The van der Waals surface area contributed by atoms with Crippen LogP contribution in [0, 0.1) is 6.92 Å². The Morgan fingerprint density at radius 3 is 2.76 bits per heavy atom. The molecule has 3 aromatic rings. The fourth-order valence-corrected chi connectivity index (χ4v) is 2.86. The molecule has 1 heterocycles. The second kappa shape index (κ2) is 7.85. The largest absolute Gasteiger partial charge is 0.508 e. The fraction of sp³-hybridized carbons (Fsp3) is 0.167. The molecule has 128 valence electrons. The van der Waals surface area contributed by atoms with Crippen molar-refractivity contribution in [3.8, 4) is 17.2 Å². The van der Waals surface area contributed by atoms with Crippen LogP contribution in [0.25, 0.3) is 11.5 Å². The van der Waals surface area contributed by atoms with E-state index in [0.29, 0.717) is 23.3 Å². The summed E-state index contributed by atoms with van der Waals surface area (Å²) in [5, 5.41) is 20.5. The summed E-state index contributed by atoms with van der Waals surface area (Å²) in [7, 11) is 0. The van der Waals surface area contributed by atoms with Gasteiger partial charge in [0.2, 0.25) is 11.8 Å². The molecule has 0 spiro atoms. The van der Waals surface area contributed by atoms with E-state index in [1.54, 1.807) is 24.3 Å². The van der Waals surface area contributed by atoms with Gasteiger partial charge in [0.15, 0.2) is 0 Å². The smallest absolute Gasteiger partial charge is 0.276 e. The van der Waals surface area contributed by atoms with Gasteiger partial charge in [0.25, 0.3) is 5.22 Å². The number of phenolic OH excluding ortho intramolecular Hbond substituents is 1. The molecule has 25 heavy (non-hydrogen) atoms. The molecule has 3 rings (SSSR count). The Hall–Kier alpha value is -2.80. The van der Waals surface area contributed by atoms with Gasteiger partial charge in [0.1, 0.15) is 5.75 Å². The predicted octanol–water partition coefficient (Wildman–Crippen LogP) is 3.87. The van der Waals surface area contributed by atoms with Gasteiger partial charge in [0.05, 0.1) is 0 Å². The number of aromatic hydroxyl groups is 1. The Bertz CT molecular complexity index is 862. The van der Waals surface area contributed by atoms with Crippen molar-refractivity contribution in [3.63, 3.8) is 0 Å². The van der Waals surface area contributed by atoms with Crippen LogP contribution in [0.3, 0.4) is 0 Å². The number of nitrogens with zero attached hydrogens (tertiary/aromatic N) is 2. The quantitative estimate of drug-likeness (QED) is 0.653. The SMILES string of the molecule is Cc1cccc(NC(=O)CCSc2nnc(-c3ccc(O)cc3)o2)c1. The van der Waals surface area contributed by atoms with Crippen LogP contribution >= 0.6 is 11.8 Å². The van der Waals surface area contributed by atoms with Gasteiger partial charge in [-0.1, -0.05) is 23.9 Å². The number of hydrogen-bond acceptors (Lipinski definition) is 6. The van der Waals surface area contributed by atoms with Gasteiger partial charge in [-0.3, -0.25) is 4.79 Å². The highest BCUT2D eigenvalue weighted by atomic mass is 32.2. The molecule has 2 N–H and O–H groups in total. The van der Waals surface area contributed by atoms with Crippen molar-refractivity contribution in [3.05, 3.63) is 54.1 Å². The molecule has 0 saturated carbocycles. The molecule has 0 fully saturated rings. The van der Waals surface area contributed by atoms with Crippen LogP contribution in [0.5, 0.6) is 5.75 Å². The molecule has 1 aromatic heterocycles. The molecule has 0 aliphatic heterocycles. The first-order valence-electron chi connectivity index (χ1n) is 7.72. The summed E-state index contributed by atoms with van der Waals surface area (Å²) in [6, 6.07) is 14.2. The van der Waals surface area contributed by atoms with E-state index in [1.165, 1.54) is 11.8 Å². The zero-order valence-electron chi connectivity index (χ0n) is 13.6. The summed E-state index contributed by atoms with van der Waals surface area (Å²) in [6.45, 7) is 1.98. The zero-order valence-corrected chi connectivity index (χ0v) is 14.4. The Labute approximate surface area is 149 Å². The molecule has 0 bridgehead atoms. The number of hydrogen-bond donors (Lipinski definition) is 2. The van der Waals surface area contributed by atoms with Crippen LogP contribution in [0.4, 0.5) is 5.69 Å². The van der Waals surface area contributed by atoms with Crippen LogP contribution in [0.2, 0.25) is 0 Å². The third-order valence-electron chi connectivity index (χ3n) is 3.38. The molecule has 0 aliphatic carbocycles. The normalized spacial score (nSPS) is 10.6. The lowest BCUT2D eigenvalue weighted by atomic mass is 10.2. The molecule has 2 aromatic carbocycles. The van der Waals surface area contributed by atoms with E-state index < -0.39 is 0 Å². The van der Waals surface area contributed by atoms with Crippen molar-refractivity contribution in [2.24, 2.45) is 0 Å². The number of nitrogens with one attached hydrogen (secondary N) is 1. The number of aryl methyl sites for hydroxylation is 1. The molecule has 7 heteroatoms. The average molecular weight is 355 g/mol. The Morgan fingerprint density at radius 2 is 2.00 bits per heavy atom. The Kier molecular flexibility index (Phi) is 5.35. The van der Waals surface area contributed by atoms with Crippen molar-refractivity contribution in [2.45, 2.75) is 18.6 Å². The topological polar surface area (TPSA) is 88.2 Å². The molecule has 1 amide bonds. The lowest BCUT2D eigenvalue weighted by Crippen LogP contribution is -2.12. The first-order valence-corrected chi connectivity index (χ1v) is 8.71. The molecule has 6 nitrogen and oxygen atoms in total. The lowest BCUT2D eigenvalue weighted by molar-refractivity contribution is -0.115. The van der Waals surface area contributed by atoms with Crippen LogP contribution in [-0.2, 0) is 4.79 Å². The van der Waals surface area contributed by atoms with Gasteiger partial charge >= 0.3 is 0 Å². The van der Waals surface area contributed by atoms with E-state index in [1.807, 2.05) is 31.2 Å². The summed E-state index contributed by atoms with van der Waals surface area (Å²) in [5.74, 6) is 1.04. The van der Waals surface area contributed by atoms with Crippen molar-refractivity contribution >= 4 is 23.4 Å². The van der Waals surface area contributed by atoms with E-state index in [2.05, 4.69) is 15.5 Å². The summed E-state index contributed by atoms with van der Waals surface area (Å²) in [4.78, 5) is 12.0. The van der Waals surface area contributed by atoms with Crippen molar-refractivity contribution in [1.29, 1.82) is 0 Å². The first kappa shape index (κ1) is 17.0. The number of carbonyl (C=O) groups excluding carboxylic acids is 1. The Balaban J connectivity index is 1.49. The highest BCUT2D eigenvalue weighted by molar-refractivity contribution is 7.99. The van der Waals surface area contributed by atoms with E-state index >= 15 is 0 Å². The van der Waals surface area contributed by atoms with Crippen LogP contribution in [-0.4, -0.2) is 27.0 Å². The molecule has 0 atom stereocenters. The standard InChI is InChI=1S/C18H17N3O3S/c1-12-3-2-4-14(11-12)19-16(23)9-10-25-18-21-20-17(24-18)13-5-7-15(22)8-6-13/h2-8,11,22H,9-10H2,1H3,(H,19,23). The van der Waals surface area contributed by atoms with Gasteiger partial charge in [-0.2, -0.15) is 0 Å². The van der Waals surface area contributed by atoms with Gasteiger partial charge in [0, 0.05) is 23.4 Å². The summed E-state index contributed by atoms with van der Waals surface area (Å²) >= 11 is 1.33. The van der Waals surface area contributed by atoms with E-state index in [9.17, 15) is 9.90 Å². The van der Waals surface area contributed by atoms with Crippen LogP contribution < -0.4 is 5.32 Å². The number of benzene rings is 2. The minimum atomic E-state index is -0.0589. The maximum absolute atomic E-state index is 12.0. The van der Waals surface area contributed by atoms with Crippen molar-refractivity contribution in [1.82, 2.24) is 10.2 Å². The molecule has 0 aliphatic rings. The van der Waals surface area contributed by atoms with Crippen molar-refractivity contribution in [2.75, 3.05) is 11.1 Å². The molecule has 0 radical (unpaired) electrons. The summed E-state index contributed by atoms with van der Waals surface area (Å²) in [6.07, 6.45) is 0.343. The summed E-state index contributed by atoms with van der Waals surface area (Å²) in [5.41, 5.74) is 2.62. The lowest BCUT2D eigenvalue weighted by Gasteiger charge is -2.05. The summed E-state index contributed by atoms with van der Waals surface area (Å²) < 4.78 is 5.55. The second-order valence-electron chi connectivity index (χ2n) is 5.44. The molecular formula is C18H17N3O3S. The number of amides is 1. The van der Waals surface area contributed by atoms with Gasteiger partial charge in [-0.05, 0) is 48.9 Å². The Morgan fingerprint density at radius 1 is 1.20 bits per heavy atom. The monoisotopic (exact) mass is 355 g/mol. The van der Waals surface area contributed by atoms with Gasteiger partial charge in [-0.15, -0.1) is 10.2 Å². The highest BCUT2D eigenvalue weighted by Gasteiger charge is 2.10. The van der Waals surface area contributed by atoms with Gasteiger partial charge in [-0.25, -0.2) is 0 Å². The molecule has 0 unspecified atom stereocenters. The maximum atomic E-state index is 12.0. The number of anilines is 1. The number of rotatable bonds is 6. The third-order valence-corrected chi connectivity index (χ3v) is 4.20. The van der Waals surface area contributed by atoms with Crippen molar-refractivity contribution < 1.29 is 14.3 Å². The minimum absolute atomic E-state index is 0.0589. The van der Waals surface area contributed by atoms with Crippen LogP contribution in [0.15, 0.2) is 58.2 Å². The highest BCUT2D eigenvalue weighted by Crippen LogP contribution is 2.25.